The molecule has 1 saturated heterocycles. The lowest BCUT2D eigenvalue weighted by Crippen LogP contribution is -2.40. The van der Waals surface area contributed by atoms with Crippen molar-refractivity contribution in [2.75, 3.05) is 6.54 Å². The van der Waals surface area contributed by atoms with Gasteiger partial charge in [0, 0.05) is 11.9 Å². The number of carboxylic acids is 1. The second kappa shape index (κ2) is 5.37. The molecule has 1 aliphatic rings. The quantitative estimate of drug-likeness (QED) is 0.942. The third-order valence-corrected chi connectivity index (χ3v) is 6.14. The van der Waals surface area contributed by atoms with Crippen LogP contribution < -0.4 is 0 Å². The largest absolute Gasteiger partial charge is 0.480 e. The fourth-order valence-corrected chi connectivity index (χ4v) is 4.90. The van der Waals surface area contributed by atoms with Crippen LogP contribution in [0.3, 0.4) is 0 Å². The standard InChI is InChI=1S/C16H17NO4S/c1-11-8-9-15(13-6-3-2-5-12(11)13)22(20,21)17-10-4-7-14(17)16(18)19/h2-3,5-6,8-9,14H,4,7,10H2,1H3,(H,18,19)/t14-/m1/s1. The van der Waals surface area contributed by atoms with Crippen molar-refractivity contribution in [3.63, 3.8) is 0 Å². The van der Waals surface area contributed by atoms with E-state index in [2.05, 4.69) is 0 Å². The van der Waals surface area contributed by atoms with Crippen LogP contribution >= 0.6 is 0 Å². The van der Waals surface area contributed by atoms with Gasteiger partial charge in [-0.25, -0.2) is 8.42 Å². The summed E-state index contributed by atoms with van der Waals surface area (Å²) in [6, 6.07) is 9.67. The Hall–Kier alpha value is -1.92. The number of hydrogen-bond donors (Lipinski definition) is 1. The SMILES string of the molecule is Cc1ccc(S(=O)(=O)N2CCC[C@@H]2C(=O)O)c2ccccc12. The molecule has 2 aromatic carbocycles. The first kappa shape index (κ1) is 15.0. The highest BCUT2D eigenvalue weighted by Crippen LogP contribution is 2.31. The van der Waals surface area contributed by atoms with E-state index in [0.29, 0.717) is 18.2 Å². The maximum absolute atomic E-state index is 12.9. The van der Waals surface area contributed by atoms with Crippen LogP contribution in [0, 0.1) is 6.92 Å². The molecule has 2 aromatic rings. The monoisotopic (exact) mass is 319 g/mol. The third kappa shape index (κ3) is 2.28. The number of benzene rings is 2. The highest BCUT2D eigenvalue weighted by molar-refractivity contribution is 7.89. The summed E-state index contributed by atoms with van der Waals surface area (Å²) in [4.78, 5) is 11.5. The third-order valence-electron chi connectivity index (χ3n) is 4.18. The van der Waals surface area contributed by atoms with Crippen molar-refractivity contribution >= 4 is 26.8 Å². The van der Waals surface area contributed by atoms with Gasteiger partial charge in [0.15, 0.2) is 0 Å². The topological polar surface area (TPSA) is 74.7 Å². The second-order valence-corrected chi connectivity index (χ2v) is 7.40. The molecule has 3 rings (SSSR count). The van der Waals surface area contributed by atoms with Crippen LogP contribution in [-0.4, -0.2) is 36.4 Å². The minimum Gasteiger partial charge on any atom is -0.480 e. The van der Waals surface area contributed by atoms with Gasteiger partial charge in [0.1, 0.15) is 6.04 Å². The second-order valence-electron chi connectivity index (χ2n) is 5.54. The van der Waals surface area contributed by atoms with Crippen molar-refractivity contribution in [3.8, 4) is 0 Å². The van der Waals surface area contributed by atoms with Gasteiger partial charge in [-0.05, 0) is 36.8 Å². The number of hydrogen-bond acceptors (Lipinski definition) is 3. The Morgan fingerprint density at radius 3 is 2.55 bits per heavy atom. The Labute approximate surface area is 129 Å². The van der Waals surface area contributed by atoms with E-state index in [1.807, 2.05) is 19.1 Å². The fourth-order valence-electron chi connectivity index (χ4n) is 3.05. The summed E-state index contributed by atoms with van der Waals surface area (Å²) in [6.07, 6.45) is 0.929. The molecule has 0 aliphatic carbocycles. The Morgan fingerprint density at radius 2 is 1.86 bits per heavy atom. The van der Waals surface area contributed by atoms with E-state index in [-0.39, 0.29) is 11.4 Å². The number of sulfonamides is 1. The summed E-state index contributed by atoms with van der Waals surface area (Å²) in [6.45, 7) is 2.18. The molecule has 0 radical (unpaired) electrons. The first-order valence-corrected chi connectivity index (χ1v) is 8.60. The highest BCUT2D eigenvalue weighted by atomic mass is 32.2. The molecule has 0 amide bonds. The maximum atomic E-state index is 12.9. The molecule has 0 unspecified atom stereocenters. The van der Waals surface area contributed by atoms with Gasteiger partial charge in [-0.3, -0.25) is 4.79 Å². The van der Waals surface area contributed by atoms with Crippen LogP contribution in [0.2, 0.25) is 0 Å². The number of aliphatic carboxylic acids is 1. The summed E-state index contributed by atoms with van der Waals surface area (Å²) in [5, 5.41) is 10.8. The Bertz CT molecular complexity index is 844. The fraction of sp³-hybridized carbons (Fsp3) is 0.312. The summed E-state index contributed by atoms with van der Waals surface area (Å²) in [7, 11) is -3.82. The number of nitrogens with zero attached hydrogens (tertiary/aromatic N) is 1. The maximum Gasteiger partial charge on any atom is 0.322 e. The molecule has 1 N–H and O–H groups in total. The van der Waals surface area contributed by atoms with Gasteiger partial charge in [0.2, 0.25) is 10.0 Å². The van der Waals surface area contributed by atoms with Crippen LogP contribution in [-0.2, 0) is 14.8 Å². The summed E-state index contributed by atoms with van der Waals surface area (Å²) < 4.78 is 27.0. The van der Waals surface area contributed by atoms with Gasteiger partial charge in [-0.15, -0.1) is 0 Å². The lowest BCUT2D eigenvalue weighted by atomic mass is 10.1. The highest BCUT2D eigenvalue weighted by Gasteiger charge is 2.40. The molecule has 6 heteroatoms. The lowest BCUT2D eigenvalue weighted by molar-refractivity contribution is -0.140. The van der Waals surface area contributed by atoms with Gasteiger partial charge in [0.25, 0.3) is 0 Å². The molecule has 1 heterocycles. The van der Waals surface area contributed by atoms with E-state index in [1.165, 1.54) is 0 Å². The zero-order valence-electron chi connectivity index (χ0n) is 12.2. The van der Waals surface area contributed by atoms with Gasteiger partial charge in [-0.1, -0.05) is 30.3 Å². The zero-order valence-corrected chi connectivity index (χ0v) is 13.0. The molecule has 0 saturated carbocycles. The van der Waals surface area contributed by atoms with Crippen LogP contribution in [0.25, 0.3) is 10.8 Å². The van der Waals surface area contributed by atoms with E-state index in [0.717, 1.165) is 15.3 Å². The average Bonchev–Trinajstić information content (AvgIpc) is 2.98. The molecule has 1 aliphatic heterocycles. The van der Waals surface area contributed by atoms with E-state index in [9.17, 15) is 18.3 Å². The van der Waals surface area contributed by atoms with Crippen molar-refractivity contribution in [2.24, 2.45) is 0 Å². The van der Waals surface area contributed by atoms with Crippen LogP contribution in [0.5, 0.6) is 0 Å². The van der Waals surface area contributed by atoms with Crippen molar-refractivity contribution in [3.05, 3.63) is 42.0 Å². The molecule has 1 fully saturated rings. The predicted molar refractivity (Wildman–Crippen MR) is 83.2 cm³/mol. The van der Waals surface area contributed by atoms with Crippen LogP contribution in [0.1, 0.15) is 18.4 Å². The first-order valence-electron chi connectivity index (χ1n) is 7.16. The van der Waals surface area contributed by atoms with Crippen molar-refractivity contribution in [2.45, 2.75) is 30.7 Å². The van der Waals surface area contributed by atoms with Crippen molar-refractivity contribution < 1.29 is 18.3 Å². The van der Waals surface area contributed by atoms with Gasteiger partial charge >= 0.3 is 5.97 Å². The van der Waals surface area contributed by atoms with Crippen LogP contribution in [0.15, 0.2) is 41.3 Å². The molecular weight excluding hydrogens is 302 g/mol. The molecule has 22 heavy (non-hydrogen) atoms. The minimum absolute atomic E-state index is 0.182. The minimum atomic E-state index is -3.82. The number of aryl methyl sites for hydroxylation is 1. The summed E-state index contributed by atoms with van der Waals surface area (Å²) >= 11 is 0. The Balaban J connectivity index is 2.18. The molecule has 0 spiro atoms. The van der Waals surface area contributed by atoms with Gasteiger partial charge < -0.3 is 5.11 Å². The zero-order chi connectivity index (χ0) is 15.9. The molecule has 0 aromatic heterocycles. The average molecular weight is 319 g/mol. The lowest BCUT2D eigenvalue weighted by Gasteiger charge is -2.22. The van der Waals surface area contributed by atoms with Crippen molar-refractivity contribution in [1.82, 2.24) is 4.31 Å². The number of carboxylic acid groups (broad SMARTS) is 1. The Morgan fingerprint density at radius 1 is 1.18 bits per heavy atom. The van der Waals surface area contributed by atoms with E-state index in [1.54, 1.807) is 24.3 Å². The van der Waals surface area contributed by atoms with E-state index in [4.69, 9.17) is 0 Å². The van der Waals surface area contributed by atoms with E-state index >= 15 is 0 Å². The molecular formula is C16H17NO4S. The number of rotatable bonds is 3. The first-order chi connectivity index (χ1) is 10.4. The Kier molecular flexibility index (Phi) is 3.66. The number of carbonyl (C=O) groups is 1. The summed E-state index contributed by atoms with van der Waals surface area (Å²) in [5.74, 6) is -1.09. The smallest absolute Gasteiger partial charge is 0.322 e. The normalized spacial score (nSPS) is 19.6. The van der Waals surface area contributed by atoms with Gasteiger partial charge in [-0.2, -0.15) is 4.31 Å². The molecule has 5 nitrogen and oxygen atoms in total. The number of fused-ring (bicyclic) bond motifs is 1. The van der Waals surface area contributed by atoms with Crippen LogP contribution in [0.4, 0.5) is 0 Å². The molecule has 0 bridgehead atoms. The molecule has 1 atom stereocenters. The molecule has 116 valence electrons. The van der Waals surface area contributed by atoms with Crippen molar-refractivity contribution in [1.29, 1.82) is 0 Å². The predicted octanol–water partition coefficient (Wildman–Crippen LogP) is 2.39. The van der Waals surface area contributed by atoms with Gasteiger partial charge in [0.05, 0.1) is 4.90 Å². The van der Waals surface area contributed by atoms with E-state index < -0.39 is 22.0 Å². The summed E-state index contributed by atoms with van der Waals surface area (Å²) in [5.41, 5.74) is 0.991.